The van der Waals surface area contributed by atoms with E-state index in [0.717, 1.165) is 5.56 Å². The maximum Gasteiger partial charge on any atom is 0.420 e. The number of carbonyl (C=O) groups excluding carboxylic acids is 1. The van der Waals surface area contributed by atoms with Crippen LogP contribution in [0.4, 0.5) is 0 Å². The molecule has 0 aliphatic carbocycles. The van der Waals surface area contributed by atoms with E-state index < -0.39 is 15.8 Å². The van der Waals surface area contributed by atoms with Crippen molar-refractivity contribution in [3.8, 4) is 0 Å². The lowest BCUT2D eigenvalue weighted by Crippen LogP contribution is -2.43. The summed E-state index contributed by atoms with van der Waals surface area (Å²) in [7, 11) is -3.80. The minimum absolute atomic E-state index is 0.0219. The summed E-state index contributed by atoms with van der Waals surface area (Å²) in [6, 6.07) is 13.3. The zero-order valence-electron chi connectivity index (χ0n) is 16.1. The van der Waals surface area contributed by atoms with Crippen molar-refractivity contribution in [2.24, 2.45) is 0 Å². The van der Waals surface area contributed by atoms with E-state index in [0.29, 0.717) is 31.8 Å². The van der Waals surface area contributed by atoms with Gasteiger partial charge < -0.3 is 14.1 Å². The largest absolute Gasteiger partial charge is 0.420 e. The first-order valence-electron chi connectivity index (χ1n) is 9.46. The Hall–Kier alpha value is -2.95. The SMILES string of the molecule is O=C(Cn1c(=O)oc2cc(S(=O)(=O)NCc3ccccc3)ccc21)N1CCOCC1. The molecule has 10 heteroatoms. The fourth-order valence-corrected chi connectivity index (χ4v) is 4.30. The molecule has 0 spiro atoms. The molecular formula is C20H21N3O6S. The molecule has 0 saturated carbocycles. The van der Waals surface area contributed by atoms with Gasteiger partial charge in [-0.2, -0.15) is 0 Å². The molecule has 0 radical (unpaired) electrons. The van der Waals surface area contributed by atoms with Crippen LogP contribution in [-0.2, 0) is 32.6 Å². The Bertz CT molecular complexity index is 1210. The van der Waals surface area contributed by atoms with Crippen molar-refractivity contribution in [3.05, 3.63) is 64.6 Å². The molecule has 0 atom stereocenters. The molecule has 0 bridgehead atoms. The van der Waals surface area contributed by atoms with Gasteiger partial charge in [-0.25, -0.2) is 17.9 Å². The number of sulfonamides is 1. The average Bonchev–Trinajstić information content (AvgIpc) is 3.08. The lowest BCUT2D eigenvalue weighted by atomic mass is 10.2. The van der Waals surface area contributed by atoms with Crippen molar-refractivity contribution >= 4 is 27.0 Å². The molecule has 1 aliphatic rings. The van der Waals surface area contributed by atoms with Crippen molar-refractivity contribution in [3.63, 3.8) is 0 Å². The fourth-order valence-electron chi connectivity index (χ4n) is 3.27. The highest BCUT2D eigenvalue weighted by atomic mass is 32.2. The normalized spacial score (nSPS) is 14.9. The number of nitrogens with zero attached hydrogens (tertiary/aromatic N) is 2. The zero-order chi connectivity index (χ0) is 21.1. The van der Waals surface area contributed by atoms with Crippen LogP contribution >= 0.6 is 0 Å². The van der Waals surface area contributed by atoms with Crippen LogP contribution in [0.2, 0.25) is 0 Å². The summed E-state index contributed by atoms with van der Waals surface area (Å²) in [6.45, 7) is 1.83. The highest BCUT2D eigenvalue weighted by molar-refractivity contribution is 7.89. The summed E-state index contributed by atoms with van der Waals surface area (Å²) >= 11 is 0. The van der Waals surface area contributed by atoms with Gasteiger partial charge in [-0.1, -0.05) is 30.3 Å². The molecule has 2 heterocycles. The number of ether oxygens (including phenoxy) is 1. The quantitative estimate of drug-likeness (QED) is 0.622. The molecule has 1 saturated heterocycles. The third-order valence-electron chi connectivity index (χ3n) is 4.92. The monoisotopic (exact) mass is 431 g/mol. The maximum atomic E-state index is 12.6. The van der Waals surface area contributed by atoms with E-state index in [9.17, 15) is 18.0 Å². The second-order valence-corrected chi connectivity index (χ2v) is 8.65. The van der Waals surface area contributed by atoms with E-state index in [4.69, 9.17) is 9.15 Å². The van der Waals surface area contributed by atoms with Crippen LogP contribution < -0.4 is 10.5 Å². The molecule has 158 valence electrons. The molecule has 1 fully saturated rings. The Morgan fingerprint density at radius 2 is 1.80 bits per heavy atom. The van der Waals surface area contributed by atoms with E-state index in [1.807, 2.05) is 30.3 Å². The maximum absolute atomic E-state index is 12.6. The van der Waals surface area contributed by atoms with Gasteiger partial charge in [0.2, 0.25) is 15.9 Å². The first-order valence-corrected chi connectivity index (χ1v) is 10.9. The first kappa shape index (κ1) is 20.3. The number of hydrogen-bond donors (Lipinski definition) is 1. The van der Waals surface area contributed by atoms with Crippen LogP contribution in [0.5, 0.6) is 0 Å². The first-order chi connectivity index (χ1) is 14.4. The van der Waals surface area contributed by atoms with Gasteiger partial charge in [0.15, 0.2) is 5.58 Å². The van der Waals surface area contributed by atoms with Crippen molar-refractivity contribution in [2.45, 2.75) is 18.0 Å². The van der Waals surface area contributed by atoms with E-state index >= 15 is 0 Å². The summed E-state index contributed by atoms with van der Waals surface area (Å²) in [6.07, 6.45) is 0. The molecule has 1 aliphatic heterocycles. The standard InChI is InChI=1S/C20H21N3O6S/c24-19(22-8-10-28-11-9-22)14-23-17-7-6-16(12-18(17)29-20(23)25)30(26,27)21-13-15-4-2-1-3-5-15/h1-7,12,21H,8-11,13-14H2. The zero-order valence-corrected chi connectivity index (χ0v) is 16.9. The molecule has 3 aromatic rings. The number of amides is 1. The van der Waals surface area contributed by atoms with Gasteiger partial charge >= 0.3 is 5.76 Å². The van der Waals surface area contributed by atoms with Crippen LogP contribution in [-0.4, -0.2) is 50.1 Å². The van der Waals surface area contributed by atoms with Gasteiger partial charge in [0.25, 0.3) is 0 Å². The van der Waals surface area contributed by atoms with Gasteiger partial charge in [-0.3, -0.25) is 9.36 Å². The van der Waals surface area contributed by atoms with Crippen molar-refractivity contribution in [2.75, 3.05) is 26.3 Å². The summed E-state index contributed by atoms with van der Waals surface area (Å²) in [4.78, 5) is 26.3. The Balaban J connectivity index is 1.54. The second kappa shape index (κ2) is 8.42. The van der Waals surface area contributed by atoms with Crippen molar-refractivity contribution < 1.29 is 22.4 Å². The van der Waals surface area contributed by atoms with E-state index in [-0.39, 0.29) is 29.5 Å². The topological polar surface area (TPSA) is 111 Å². The van der Waals surface area contributed by atoms with Gasteiger partial charge in [-0.05, 0) is 17.7 Å². The molecule has 1 aromatic heterocycles. The Labute approximate surface area is 172 Å². The minimum Gasteiger partial charge on any atom is -0.408 e. The Morgan fingerprint density at radius 1 is 1.07 bits per heavy atom. The van der Waals surface area contributed by atoms with Crippen LogP contribution in [0.1, 0.15) is 5.56 Å². The number of rotatable bonds is 6. The van der Waals surface area contributed by atoms with Crippen LogP contribution in [0.15, 0.2) is 62.6 Å². The molecular weight excluding hydrogens is 410 g/mol. The number of morpholine rings is 1. The number of hydrogen-bond acceptors (Lipinski definition) is 6. The lowest BCUT2D eigenvalue weighted by Gasteiger charge is -2.26. The number of aromatic nitrogens is 1. The van der Waals surface area contributed by atoms with Crippen LogP contribution in [0, 0.1) is 0 Å². The minimum atomic E-state index is -3.80. The van der Waals surface area contributed by atoms with Crippen molar-refractivity contribution in [1.29, 1.82) is 0 Å². The highest BCUT2D eigenvalue weighted by Gasteiger charge is 2.21. The number of benzene rings is 2. The number of carbonyl (C=O) groups is 1. The van der Waals surface area contributed by atoms with Crippen molar-refractivity contribution in [1.82, 2.24) is 14.2 Å². The smallest absolute Gasteiger partial charge is 0.408 e. The molecule has 2 aromatic carbocycles. The molecule has 4 rings (SSSR count). The number of oxazole rings is 1. The second-order valence-electron chi connectivity index (χ2n) is 6.89. The highest BCUT2D eigenvalue weighted by Crippen LogP contribution is 2.19. The van der Waals surface area contributed by atoms with Crippen LogP contribution in [0.3, 0.4) is 0 Å². The van der Waals surface area contributed by atoms with E-state index in [1.54, 1.807) is 4.90 Å². The third kappa shape index (κ3) is 4.30. The van der Waals surface area contributed by atoms with Gasteiger partial charge in [0.05, 0.1) is 23.6 Å². The van der Waals surface area contributed by atoms with Gasteiger partial charge in [0, 0.05) is 25.7 Å². The molecule has 1 amide bonds. The molecule has 9 nitrogen and oxygen atoms in total. The average molecular weight is 431 g/mol. The third-order valence-corrected chi connectivity index (χ3v) is 6.32. The van der Waals surface area contributed by atoms with E-state index in [1.165, 1.54) is 22.8 Å². The fraction of sp³-hybridized carbons (Fsp3) is 0.300. The Morgan fingerprint density at radius 3 is 2.53 bits per heavy atom. The predicted molar refractivity (Wildman–Crippen MR) is 108 cm³/mol. The van der Waals surface area contributed by atoms with Gasteiger partial charge in [0.1, 0.15) is 6.54 Å². The lowest BCUT2D eigenvalue weighted by molar-refractivity contribution is -0.135. The molecule has 30 heavy (non-hydrogen) atoms. The Kier molecular flexibility index (Phi) is 5.71. The van der Waals surface area contributed by atoms with Gasteiger partial charge in [-0.15, -0.1) is 0 Å². The molecule has 0 unspecified atom stereocenters. The summed E-state index contributed by atoms with van der Waals surface area (Å²) in [5.74, 6) is -0.928. The summed E-state index contributed by atoms with van der Waals surface area (Å²) < 4.78 is 39.4. The van der Waals surface area contributed by atoms with Crippen LogP contribution in [0.25, 0.3) is 11.1 Å². The predicted octanol–water partition coefficient (Wildman–Crippen LogP) is 0.932. The number of fused-ring (bicyclic) bond motifs is 1. The number of nitrogens with one attached hydrogen (secondary N) is 1. The summed E-state index contributed by atoms with van der Waals surface area (Å²) in [5, 5.41) is 0. The van der Waals surface area contributed by atoms with E-state index in [2.05, 4.69) is 4.72 Å². The molecule has 1 N–H and O–H groups in total. The summed E-state index contributed by atoms with van der Waals surface area (Å²) in [5.41, 5.74) is 1.29.